The van der Waals surface area contributed by atoms with Gasteiger partial charge in [0.2, 0.25) is 0 Å². The Morgan fingerprint density at radius 3 is 1.84 bits per heavy atom. The van der Waals surface area contributed by atoms with Gasteiger partial charge in [0, 0.05) is 13.7 Å². The molecule has 0 fully saturated rings. The minimum atomic E-state index is -0.226. The Morgan fingerprint density at radius 1 is 0.842 bits per heavy atom. The van der Waals surface area contributed by atoms with Gasteiger partial charge in [-0.05, 0) is 39.5 Å². The van der Waals surface area contributed by atoms with Crippen molar-refractivity contribution in [1.29, 1.82) is 0 Å². The predicted molar refractivity (Wildman–Crippen MR) is 77.5 cm³/mol. The van der Waals surface area contributed by atoms with Crippen LogP contribution in [-0.4, -0.2) is 49.8 Å². The largest absolute Gasteiger partial charge is 0.396 e. The second-order valence-corrected chi connectivity index (χ2v) is 5.52. The third-order valence-electron chi connectivity index (χ3n) is 3.96. The number of aliphatic hydroxyl groups is 1. The van der Waals surface area contributed by atoms with Crippen molar-refractivity contribution in [2.75, 3.05) is 33.5 Å². The Kier molecular flexibility index (Phi) is 9.62. The van der Waals surface area contributed by atoms with Crippen molar-refractivity contribution in [3.63, 3.8) is 0 Å². The van der Waals surface area contributed by atoms with Gasteiger partial charge in [0.05, 0.1) is 31.0 Å². The topological polar surface area (TPSA) is 47.9 Å². The quantitative estimate of drug-likeness (QED) is 0.557. The van der Waals surface area contributed by atoms with Crippen LogP contribution in [0.2, 0.25) is 0 Å². The Labute approximate surface area is 118 Å². The van der Waals surface area contributed by atoms with Gasteiger partial charge < -0.3 is 19.3 Å². The highest BCUT2D eigenvalue weighted by Gasteiger charge is 2.26. The zero-order valence-electron chi connectivity index (χ0n) is 13.3. The third-order valence-corrected chi connectivity index (χ3v) is 3.96. The van der Waals surface area contributed by atoms with E-state index in [0.29, 0.717) is 26.2 Å². The van der Waals surface area contributed by atoms with E-state index in [2.05, 4.69) is 27.7 Å². The molecule has 2 unspecified atom stereocenters. The first-order valence-corrected chi connectivity index (χ1v) is 7.33. The van der Waals surface area contributed by atoms with E-state index in [1.54, 1.807) is 7.11 Å². The van der Waals surface area contributed by atoms with Crippen LogP contribution < -0.4 is 0 Å². The lowest BCUT2D eigenvalue weighted by Crippen LogP contribution is -2.35. The van der Waals surface area contributed by atoms with Gasteiger partial charge in [-0.1, -0.05) is 13.8 Å². The molecule has 0 aliphatic carbocycles. The fraction of sp³-hybridized carbons (Fsp3) is 1.00. The highest BCUT2D eigenvalue weighted by atomic mass is 16.5. The molecule has 1 N–H and O–H groups in total. The normalized spacial score (nSPS) is 18.0. The summed E-state index contributed by atoms with van der Waals surface area (Å²) < 4.78 is 16.8. The molecule has 0 aliphatic rings. The maximum Gasteiger partial charge on any atom is 0.0707 e. The van der Waals surface area contributed by atoms with Crippen LogP contribution in [0.5, 0.6) is 0 Å². The Balaban J connectivity index is 4.11. The lowest BCUT2D eigenvalue weighted by molar-refractivity contribution is -0.0995. The van der Waals surface area contributed by atoms with E-state index < -0.39 is 0 Å². The summed E-state index contributed by atoms with van der Waals surface area (Å²) in [5.41, 5.74) is -0.387. The van der Waals surface area contributed by atoms with Crippen LogP contribution in [0.1, 0.15) is 53.4 Å². The Bertz CT molecular complexity index is 222. The monoisotopic (exact) mass is 276 g/mol. The van der Waals surface area contributed by atoms with Gasteiger partial charge in [0.25, 0.3) is 0 Å². The molecular weight excluding hydrogens is 244 g/mol. The molecule has 0 aromatic heterocycles. The number of aliphatic hydroxyl groups excluding tert-OH is 1. The molecule has 116 valence electrons. The fourth-order valence-electron chi connectivity index (χ4n) is 1.82. The first-order valence-electron chi connectivity index (χ1n) is 7.33. The van der Waals surface area contributed by atoms with Gasteiger partial charge in [-0.2, -0.15) is 0 Å². The summed E-state index contributed by atoms with van der Waals surface area (Å²) in [6, 6.07) is 0. The molecule has 0 amide bonds. The molecule has 0 rings (SSSR count). The Hall–Kier alpha value is -0.160. The summed E-state index contributed by atoms with van der Waals surface area (Å²) in [4.78, 5) is 0. The Morgan fingerprint density at radius 2 is 1.37 bits per heavy atom. The summed E-state index contributed by atoms with van der Waals surface area (Å²) in [6.45, 7) is 10.4. The highest BCUT2D eigenvalue weighted by Crippen LogP contribution is 2.24. The summed E-state index contributed by atoms with van der Waals surface area (Å²) in [7, 11) is 1.68. The van der Waals surface area contributed by atoms with Gasteiger partial charge in [-0.15, -0.1) is 0 Å². The van der Waals surface area contributed by atoms with E-state index in [0.717, 1.165) is 19.3 Å². The van der Waals surface area contributed by atoms with Crippen LogP contribution in [0.25, 0.3) is 0 Å². The average Bonchev–Trinajstić information content (AvgIpc) is 2.39. The van der Waals surface area contributed by atoms with E-state index in [9.17, 15) is 0 Å². The van der Waals surface area contributed by atoms with Crippen molar-refractivity contribution < 1.29 is 19.3 Å². The van der Waals surface area contributed by atoms with Crippen LogP contribution in [0, 0.1) is 0 Å². The van der Waals surface area contributed by atoms with E-state index in [1.807, 2.05) is 0 Å². The predicted octanol–water partition coefficient (Wildman–Crippen LogP) is 2.78. The van der Waals surface area contributed by atoms with Gasteiger partial charge >= 0.3 is 0 Å². The maximum absolute atomic E-state index is 9.06. The zero-order chi connectivity index (χ0) is 14.8. The molecule has 19 heavy (non-hydrogen) atoms. The van der Waals surface area contributed by atoms with E-state index >= 15 is 0 Å². The van der Waals surface area contributed by atoms with Crippen LogP contribution in [-0.2, 0) is 14.2 Å². The summed E-state index contributed by atoms with van der Waals surface area (Å²) >= 11 is 0. The van der Waals surface area contributed by atoms with E-state index in [1.165, 1.54) is 0 Å². The number of ether oxygens (including phenoxy) is 3. The summed E-state index contributed by atoms with van der Waals surface area (Å²) in [5, 5.41) is 9.06. The SMILES string of the molecule is CCC(C)(CCO)OCCC(C)(CC)OCCOC. The van der Waals surface area contributed by atoms with Crippen molar-refractivity contribution in [3.05, 3.63) is 0 Å². The highest BCUT2D eigenvalue weighted by molar-refractivity contribution is 4.76. The molecule has 0 bridgehead atoms. The molecule has 0 aliphatic heterocycles. The molecule has 0 heterocycles. The molecule has 4 nitrogen and oxygen atoms in total. The third kappa shape index (κ3) is 7.88. The van der Waals surface area contributed by atoms with Crippen LogP contribution in [0.3, 0.4) is 0 Å². The van der Waals surface area contributed by atoms with Gasteiger partial charge in [-0.3, -0.25) is 0 Å². The zero-order valence-corrected chi connectivity index (χ0v) is 13.3. The van der Waals surface area contributed by atoms with Crippen molar-refractivity contribution in [2.45, 2.75) is 64.6 Å². The summed E-state index contributed by atoms with van der Waals surface area (Å²) in [5.74, 6) is 0. The summed E-state index contributed by atoms with van der Waals surface area (Å²) in [6.07, 6.45) is 3.38. The number of hydrogen-bond donors (Lipinski definition) is 1. The smallest absolute Gasteiger partial charge is 0.0707 e. The van der Waals surface area contributed by atoms with Gasteiger partial charge in [-0.25, -0.2) is 0 Å². The van der Waals surface area contributed by atoms with Crippen molar-refractivity contribution in [1.82, 2.24) is 0 Å². The first-order chi connectivity index (χ1) is 8.95. The van der Waals surface area contributed by atoms with Crippen molar-refractivity contribution in [3.8, 4) is 0 Å². The molecule has 0 spiro atoms. The van der Waals surface area contributed by atoms with Gasteiger partial charge in [0.15, 0.2) is 0 Å². The molecule has 0 aromatic carbocycles. The standard InChI is InChI=1S/C15H32O4/c1-6-14(3,8-10-16)18-11-9-15(4,7-2)19-13-12-17-5/h16H,6-13H2,1-5H3. The number of methoxy groups -OCH3 is 1. The fourth-order valence-corrected chi connectivity index (χ4v) is 1.82. The van der Waals surface area contributed by atoms with E-state index in [-0.39, 0.29) is 17.8 Å². The minimum absolute atomic E-state index is 0.160. The van der Waals surface area contributed by atoms with Crippen molar-refractivity contribution >= 4 is 0 Å². The molecule has 2 atom stereocenters. The maximum atomic E-state index is 9.06. The van der Waals surface area contributed by atoms with Crippen LogP contribution >= 0.6 is 0 Å². The number of rotatable bonds is 12. The second-order valence-electron chi connectivity index (χ2n) is 5.52. The molecule has 0 saturated carbocycles. The number of hydrogen-bond acceptors (Lipinski definition) is 4. The average molecular weight is 276 g/mol. The second kappa shape index (κ2) is 9.70. The van der Waals surface area contributed by atoms with Crippen LogP contribution in [0.15, 0.2) is 0 Å². The molecule has 4 heteroatoms. The molecular formula is C15H32O4. The first kappa shape index (κ1) is 18.8. The lowest BCUT2D eigenvalue weighted by Gasteiger charge is -2.32. The van der Waals surface area contributed by atoms with Crippen molar-refractivity contribution in [2.24, 2.45) is 0 Å². The lowest BCUT2D eigenvalue weighted by atomic mass is 9.97. The van der Waals surface area contributed by atoms with E-state index in [4.69, 9.17) is 19.3 Å². The molecule has 0 saturated heterocycles. The van der Waals surface area contributed by atoms with Crippen LogP contribution in [0.4, 0.5) is 0 Å². The molecule has 0 aromatic rings. The van der Waals surface area contributed by atoms with Gasteiger partial charge in [0.1, 0.15) is 0 Å². The molecule has 0 radical (unpaired) electrons. The minimum Gasteiger partial charge on any atom is -0.396 e.